The lowest BCUT2D eigenvalue weighted by Gasteiger charge is -2.32. The van der Waals surface area contributed by atoms with Crippen LogP contribution in [-0.2, 0) is 28.6 Å². The lowest BCUT2D eigenvalue weighted by molar-refractivity contribution is -0.175. The van der Waals surface area contributed by atoms with E-state index in [4.69, 9.17) is 25.7 Å². The van der Waals surface area contributed by atoms with E-state index in [-0.39, 0.29) is 26.2 Å². The van der Waals surface area contributed by atoms with Crippen molar-refractivity contribution in [2.24, 2.45) is 17.4 Å². The van der Waals surface area contributed by atoms with Crippen molar-refractivity contribution in [1.82, 2.24) is 0 Å². The van der Waals surface area contributed by atoms with Gasteiger partial charge in [-0.15, -0.1) is 0 Å². The Bertz CT molecular complexity index is 505. The number of esters is 3. The molecule has 0 rings (SSSR count). The molecule has 0 saturated carbocycles. The van der Waals surface area contributed by atoms with E-state index in [0.717, 1.165) is 44.9 Å². The van der Waals surface area contributed by atoms with Gasteiger partial charge in [-0.1, -0.05) is 65.7 Å². The molecular formula is C24H46N2O6. The molecule has 0 aliphatic heterocycles. The topological polar surface area (TPSA) is 131 Å². The quantitative estimate of drug-likeness (QED) is 0.122. The van der Waals surface area contributed by atoms with E-state index in [2.05, 4.69) is 0 Å². The molecule has 188 valence electrons. The van der Waals surface area contributed by atoms with Crippen LogP contribution in [0.3, 0.4) is 0 Å². The van der Waals surface area contributed by atoms with Gasteiger partial charge in [0.05, 0.1) is 25.7 Å². The third-order valence-corrected chi connectivity index (χ3v) is 5.41. The molecule has 8 nitrogen and oxygen atoms in total. The molecule has 1 unspecified atom stereocenters. The zero-order valence-electron chi connectivity index (χ0n) is 20.5. The van der Waals surface area contributed by atoms with Crippen LogP contribution in [0.4, 0.5) is 0 Å². The van der Waals surface area contributed by atoms with Gasteiger partial charge in [0.15, 0.2) is 0 Å². The average Bonchev–Trinajstić information content (AvgIpc) is 2.78. The van der Waals surface area contributed by atoms with E-state index in [1.54, 1.807) is 0 Å². The molecule has 0 aromatic rings. The van der Waals surface area contributed by atoms with Crippen LogP contribution in [-0.4, -0.2) is 49.8 Å². The van der Waals surface area contributed by atoms with Crippen molar-refractivity contribution < 1.29 is 28.6 Å². The predicted molar refractivity (Wildman–Crippen MR) is 125 cm³/mol. The summed E-state index contributed by atoms with van der Waals surface area (Å²) in [6.45, 7) is 7.03. The minimum absolute atomic E-state index is 0.132. The number of carbonyl (C=O) groups is 3. The van der Waals surface area contributed by atoms with Crippen molar-refractivity contribution in [1.29, 1.82) is 0 Å². The predicted octanol–water partition coefficient (Wildman–Crippen LogP) is 3.63. The van der Waals surface area contributed by atoms with Crippen molar-refractivity contribution in [3.8, 4) is 0 Å². The van der Waals surface area contributed by atoms with Gasteiger partial charge in [-0.2, -0.15) is 0 Å². The van der Waals surface area contributed by atoms with E-state index in [1.807, 2.05) is 20.8 Å². The number of carbonyl (C=O) groups excluding carboxylic acids is 3. The molecule has 0 radical (unpaired) electrons. The first-order valence-corrected chi connectivity index (χ1v) is 12.4. The lowest BCUT2D eigenvalue weighted by Crippen LogP contribution is -2.64. The largest absolute Gasteiger partial charge is 0.465 e. The fourth-order valence-corrected chi connectivity index (χ4v) is 3.20. The first kappa shape index (κ1) is 30.3. The van der Waals surface area contributed by atoms with Crippen molar-refractivity contribution in [3.63, 3.8) is 0 Å². The molecule has 0 heterocycles. The molecule has 0 aliphatic rings. The fraction of sp³-hybridized carbons (Fsp3) is 0.875. The van der Waals surface area contributed by atoms with Crippen LogP contribution in [0.5, 0.6) is 0 Å². The summed E-state index contributed by atoms with van der Waals surface area (Å²) >= 11 is 0. The lowest BCUT2D eigenvalue weighted by atomic mass is 9.80. The summed E-state index contributed by atoms with van der Waals surface area (Å²) in [6, 6.07) is 0. The Morgan fingerprint density at radius 3 is 1.59 bits per heavy atom. The summed E-state index contributed by atoms with van der Waals surface area (Å²) in [7, 11) is 0. The van der Waals surface area contributed by atoms with Gasteiger partial charge in [0.2, 0.25) is 5.54 Å². The molecule has 0 aromatic heterocycles. The average molecular weight is 459 g/mol. The van der Waals surface area contributed by atoms with Crippen molar-refractivity contribution >= 4 is 17.9 Å². The maximum absolute atomic E-state index is 13.0. The molecule has 1 atom stereocenters. The summed E-state index contributed by atoms with van der Waals surface area (Å²) in [5.41, 5.74) is 9.71. The Balaban J connectivity index is 5.58. The van der Waals surface area contributed by atoms with Crippen LogP contribution in [0.1, 0.15) is 97.8 Å². The molecular weight excluding hydrogens is 412 g/mol. The van der Waals surface area contributed by atoms with Crippen LogP contribution in [0.15, 0.2) is 0 Å². The van der Waals surface area contributed by atoms with Crippen LogP contribution >= 0.6 is 0 Å². The fourth-order valence-electron chi connectivity index (χ4n) is 3.20. The molecule has 0 spiro atoms. The first-order chi connectivity index (χ1) is 15.4. The van der Waals surface area contributed by atoms with Gasteiger partial charge in [0.1, 0.15) is 0 Å². The van der Waals surface area contributed by atoms with Gasteiger partial charge in [0.25, 0.3) is 0 Å². The number of nitrogens with two attached hydrogens (primary N) is 2. The Morgan fingerprint density at radius 1 is 0.688 bits per heavy atom. The molecule has 8 heteroatoms. The number of rotatable bonds is 20. The third-order valence-electron chi connectivity index (χ3n) is 5.41. The second-order valence-corrected chi connectivity index (χ2v) is 8.27. The van der Waals surface area contributed by atoms with Gasteiger partial charge in [0, 0.05) is 0 Å². The highest BCUT2D eigenvalue weighted by atomic mass is 16.6. The summed E-state index contributed by atoms with van der Waals surface area (Å²) in [4.78, 5) is 39.0. The molecule has 0 aromatic carbocycles. The molecule has 0 aliphatic carbocycles. The van der Waals surface area contributed by atoms with Gasteiger partial charge < -0.3 is 25.7 Å². The molecule has 32 heavy (non-hydrogen) atoms. The van der Waals surface area contributed by atoms with Gasteiger partial charge in [-0.3, -0.25) is 4.79 Å². The van der Waals surface area contributed by atoms with E-state index in [9.17, 15) is 14.4 Å². The van der Waals surface area contributed by atoms with Gasteiger partial charge in [-0.05, 0) is 38.6 Å². The first-order valence-electron chi connectivity index (χ1n) is 12.4. The number of ether oxygens (including phenoxy) is 3. The zero-order chi connectivity index (χ0) is 24.2. The molecule has 0 bridgehead atoms. The van der Waals surface area contributed by atoms with E-state index >= 15 is 0 Å². The van der Waals surface area contributed by atoms with Crippen LogP contribution in [0.2, 0.25) is 0 Å². The molecule has 4 N–H and O–H groups in total. The Kier molecular flexibility index (Phi) is 17.9. The maximum atomic E-state index is 13.0. The highest BCUT2D eigenvalue weighted by Gasteiger charge is 2.55. The van der Waals surface area contributed by atoms with Crippen LogP contribution < -0.4 is 11.5 Å². The second kappa shape index (κ2) is 18.9. The van der Waals surface area contributed by atoms with E-state index in [0.29, 0.717) is 32.2 Å². The van der Waals surface area contributed by atoms with Crippen molar-refractivity contribution in [2.75, 3.05) is 26.4 Å². The number of hydrogen-bond acceptors (Lipinski definition) is 8. The number of unbranched alkanes of at least 4 members (excludes halogenated alkanes) is 7. The summed E-state index contributed by atoms with van der Waals surface area (Å²) < 4.78 is 16.0. The standard InChI is InChI=1S/C24H46N2O6/c1-4-7-17-30-21(27)20(15-13-11-10-12-14-16-25)24(26,22(28)31-18-8-5-2)23(29)32-19-9-6-3/h20H,4-19,25-26H2,1-3H3. The molecule has 0 amide bonds. The maximum Gasteiger partial charge on any atom is 0.338 e. The molecule has 0 fully saturated rings. The van der Waals surface area contributed by atoms with E-state index in [1.165, 1.54) is 0 Å². The highest BCUT2D eigenvalue weighted by molar-refractivity contribution is 6.08. The van der Waals surface area contributed by atoms with Gasteiger partial charge >= 0.3 is 17.9 Å². The SMILES string of the molecule is CCCCOC(=O)C(CCCCCCCN)C(N)(C(=O)OCCCC)C(=O)OCCCC. The minimum Gasteiger partial charge on any atom is -0.465 e. The Hall–Kier alpha value is -1.67. The highest BCUT2D eigenvalue weighted by Crippen LogP contribution is 2.27. The minimum atomic E-state index is -2.22. The van der Waals surface area contributed by atoms with Crippen molar-refractivity contribution in [2.45, 2.75) is 103 Å². The van der Waals surface area contributed by atoms with Crippen LogP contribution in [0, 0.1) is 5.92 Å². The third kappa shape index (κ3) is 11.3. The smallest absolute Gasteiger partial charge is 0.338 e. The summed E-state index contributed by atoms with van der Waals surface area (Å²) in [5, 5.41) is 0. The van der Waals surface area contributed by atoms with Crippen LogP contribution in [0.25, 0.3) is 0 Å². The summed E-state index contributed by atoms with van der Waals surface area (Å²) in [6.07, 6.45) is 9.05. The normalized spacial score (nSPS) is 12.3. The summed E-state index contributed by atoms with van der Waals surface area (Å²) in [5.74, 6) is -3.65. The Labute approximate surface area is 194 Å². The van der Waals surface area contributed by atoms with E-state index < -0.39 is 29.4 Å². The van der Waals surface area contributed by atoms with Gasteiger partial charge in [-0.25, -0.2) is 9.59 Å². The monoisotopic (exact) mass is 458 g/mol. The second-order valence-electron chi connectivity index (χ2n) is 8.27. The number of hydrogen-bond donors (Lipinski definition) is 2. The van der Waals surface area contributed by atoms with Crippen molar-refractivity contribution in [3.05, 3.63) is 0 Å². The zero-order valence-corrected chi connectivity index (χ0v) is 20.5. The molecule has 0 saturated heterocycles. The Morgan fingerprint density at radius 2 is 1.12 bits per heavy atom.